The monoisotopic (exact) mass is 344 g/mol. The van der Waals surface area contributed by atoms with Gasteiger partial charge in [-0.15, -0.1) is 0 Å². The number of piperidine rings is 1. The molecule has 1 amide bonds. The van der Waals surface area contributed by atoms with Gasteiger partial charge in [0.2, 0.25) is 0 Å². The smallest absolute Gasteiger partial charge is 0.410 e. The third kappa shape index (κ3) is 6.92. The zero-order valence-corrected chi connectivity index (χ0v) is 16.7. The Labute approximate surface area is 147 Å². The summed E-state index contributed by atoms with van der Waals surface area (Å²) in [4.78, 5) is 14.1. The minimum Gasteiger partial charge on any atom is -0.444 e. The van der Waals surface area contributed by atoms with Crippen molar-refractivity contribution >= 4 is 17.9 Å². The third-order valence-electron chi connectivity index (χ3n) is 4.77. The summed E-state index contributed by atoms with van der Waals surface area (Å²) in [5, 5.41) is 3.66. The van der Waals surface area contributed by atoms with Crippen LogP contribution in [0.4, 0.5) is 4.79 Å². The molecule has 1 saturated heterocycles. The first-order valence-electron chi connectivity index (χ1n) is 8.99. The number of carbonyl (C=O) groups excluding carboxylic acids is 1. The van der Waals surface area contributed by atoms with Gasteiger partial charge in [-0.05, 0) is 65.2 Å². The molecule has 1 atom stereocenters. The van der Waals surface area contributed by atoms with Gasteiger partial charge in [-0.25, -0.2) is 4.79 Å². The van der Waals surface area contributed by atoms with Crippen LogP contribution in [0.2, 0.25) is 0 Å². The van der Waals surface area contributed by atoms with E-state index in [9.17, 15) is 4.79 Å². The number of nitrogens with zero attached hydrogens (tertiary/aromatic N) is 1. The molecule has 0 aromatic heterocycles. The molecular weight excluding hydrogens is 308 g/mol. The van der Waals surface area contributed by atoms with Gasteiger partial charge >= 0.3 is 6.09 Å². The second-order valence-electron chi connectivity index (χ2n) is 7.66. The Kier molecular flexibility index (Phi) is 8.22. The van der Waals surface area contributed by atoms with Crippen LogP contribution in [0.3, 0.4) is 0 Å². The predicted molar refractivity (Wildman–Crippen MR) is 100 cm³/mol. The maximum absolute atomic E-state index is 12.2. The van der Waals surface area contributed by atoms with Crippen LogP contribution in [0.25, 0.3) is 0 Å². The van der Waals surface area contributed by atoms with Crippen LogP contribution < -0.4 is 5.32 Å². The summed E-state index contributed by atoms with van der Waals surface area (Å²) in [6, 6.07) is 0. The van der Waals surface area contributed by atoms with E-state index in [1.807, 2.05) is 37.4 Å². The molecule has 1 fully saturated rings. The number of nitrogens with one attached hydrogen (secondary N) is 1. The zero-order valence-electron chi connectivity index (χ0n) is 15.9. The summed E-state index contributed by atoms with van der Waals surface area (Å²) in [6.45, 7) is 14.0. The van der Waals surface area contributed by atoms with Gasteiger partial charge in [0.15, 0.2) is 0 Å². The van der Waals surface area contributed by atoms with Crippen LogP contribution in [0, 0.1) is 5.92 Å². The van der Waals surface area contributed by atoms with Gasteiger partial charge in [0.1, 0.15) is 5.60 Å². The number of carbonyl (C=O) groups is 1. The van der Waals surface area contributed by atoms with Gasteiger partial charge in [0, 0.05) is 24.4 Å². The molecule has 23 heavy (non-hydrogen) atoms. The van der Waals surface area contributed by atoms with Gasteiger partial charge in [-0.1, -0.05) is 13.8 Å². The zero-order chi connectivity index (χ0) is 17.5. The van der Waals surface area contributed by atoms with Gasteiger partial charge in [-0.2, -0.15) is 11.8 Å². The lowest BCUT2D eigenvalue weighted by Gasteiger charge is -2.35. The minimum absolute atomic E-state index is 0.164. The first kappa shape index (κ1) is 20.6. The van der Waals surface area contributed by atoms with E-state index in [4.69, 9.17) is 4.74 Å². The molecule has 4 nitrogen and oxygen atoms in total. The van der Waals surface area contributed by atoms with Crippen molar-refractivity contribution in [2.24, 2.45) is 5.92 Å². The van der Waals surface area contributed by atoms with Crippen LogP contribution in [0.1, 0.15) is 60.3 Å². The standard InChI is InChI=1S/C18H36N2O2S/c1-7-18(8-2,23-6)14-19-12-15-10-9-11-20(13-15)16(21)22-17(3,4)5/h15,19H,7-14H2,1-6H3. The second-order valence-corrected chi connectivity index (χ2v) is 8.93. The van der Waals surface area contributed by atoms with E-state index < -0.39 is 5.60 Å². The van der Waals surface area contributed by atoms with E-state index >= 15 is 0 Å². The van der Waals surface area contributed by atoms with E-state index in [0.29, 0.717) is 10.7 Å². The molecule has 0 aliphatic carbocycles. The summed E-state index contributed by atoms with van der Waals surface area (Å²) in [7, 11) is 0. The Morgan fingerprint density at radius 2 is 1.96 bits per heavy atom. The van der Waals surface area contributed by atoms with E-state index in [1.54, 1.807) is 0 Å². The molecule has 1 aliphatic rings. The molecular formula is C18H36N2O2S. The fraction of sp³-hybridized carbons (Fsp3) is 0.944. The molecule has 1 unspecified atom stereocenters. The van der Waals surface area contributed by atoms with Crippen LogP contribution in [0.15, 0.2) is 0 Å². The Morgan fingerprint density at radius 1 is 1.30 bits per heavy atom. The van der Waals surface area contributed by atoms with Crippen LogP contribution in [-0.4, -0.2) is 53.8 Å². The van der Waals surface area contributed by atoms with Crippen molar-refractivity contribution in [1.29, 1.82) is 0 Å². The average molecular weight is 345 g/mol. The van der Waals surface area contributed by atoms with E-state index in [2.05, 4.69) is 25.4 Å². The molecule has 0 aromatic rings. The first-order chi connectivity index (χ1) is 10.7. The highest BCUT2D eigenvalue weighted by Crippen LogP contribution is 2.29. The van der Waals surface area contributed by atoms with E-state index in [1.165, 1.54) is 19.3 Å². The average Bonchev–Trinajstić information content (AvgIpc) is 2.51. The van der Waals surface area contributed by atoms with Crippen molar-refractivity contribution in [1.82, 2.24) is 10.2 Å². The van der Waals surface area contributed by atoms with Crippen molar-refractivity contribution in [3.8, 4) is 0 Å². The molecule has 136 valence electrons. The molecule has 0 radical (unpaired) electrons. The van der Waals surface area contributed by atoms with E-state index in [0.717, 1.165) is 32.6 Å². The minimum atomic E-state index is -0.414. The topological polar surface area (TPSA) is 41.6 Å². The Balaban J connectivity index is 2.42. The number of hydrogen-bond donors (Lipinski definition) is 1. The SMILES string of the molecule is CCC(CC)(CNCC1CCCN(C(=O)OC(C)(C)C)C1)SC. The Bertz CT molecular complexity index is 356. The van der Waals surface area contributed by atoms with Crippen LogP contribution >= 0.6 is 11.8 Å². The fourth-order valence-corrected chi connectivity index (χ4v) is 3.91. The van der Waals surface area contributed by atoms with Crippen molar-refractivity contribution < 1.29 is 9.53 Å². The highest BCUT2D eigenvalue weighted by Gasteiger charge is 2.29. The van der Waals surface area contributed by atoms with Crippen LogP contribution in [0.5, 0.6) is 0 Å². The lowest BCUT2D eigenvalue weighted by molar-refractivity contribution is 0.0166. The summed E-state index contributed by atoms with van der Waals surface area (Å²) in [5.74, 6) is 0.532. The van der Waals surface area contributed by atoms with Crippen molar-refractivity contribution in [2.75, 3.05) is 32.4 Å². The number of amides is 1. The molecule has 1 rings (SSSR count). The largest absolute Gasteiger partial charge is 0.444 e. The third-order valence-corrected chi connectivity index (χ3v) is 6.36. The molecule has 0 aromatic carbocycles. The lowest BCUT2D eigenvalue weighted by Crippen LogP contribution is -2.46. The quantitative estimate of drug-likeness (QED) is 0.753. The number of hydrogen-bond acceptors (Lipinski definition) is 4. The van der Waals surface area contributed by atoms with Gasteiger partial charge < -0.3 is 15.0 Å². The summed E-state index contributed by atoms with van der Waals surface area (Å²) in [5.41, 5.74) is -0.414. The maximum Gasteiger partial charge on any atom is 0.410 e. The van der Waals surface area contributed by atoms with Gasteiger partial charge in [0.25, 0.3) is 0 Å². The number of rotatable bonds is 7. The summed E-state index contributed by atoms with van der Waals surface area (Å²) >= 11 is 1.97. The molecule has 0 saturated carbocycles. The summed E-state index contributed by atoms with van der Waals surface area (Å²) in [6.07, 6.45) is 6.68. The lowest BCUT2D eigenvalue weighted by atomic mass is 9.97. The normalized spacial score (nSPS) is 19.7. The molecule has 0 bridgehead atoms. The van der Waals surface area contributed by atoms with Crippen molar-refractivity contribution in [3.05, 3.63) is 0 Å². The fourth-order valence-electron chi connectivity index (χ4n) is 3.09. The van der Waals surface area contributed by atoms with Crippen LogP contribution in [-0.2, 0) is 4.74 Å². The predicted octanol–water partition coefficient (Wildman–Crippen LogP) is 4.14. The second kappa shape index (κ2) is 9.16. The highest BCUT2D eigenvalue weighted by molar-refractivity contribution is 8.00. The summed E-state index contributed by atoms with van der Waals surface area (Å²) < 4.78 is 5.85. The molecule has 0 spiro atoms. The van der Waals surface area contributed by atoms with Gasteiger partial charge in [-0.3, -0.25) is 0 Å². The van der Waals surface area contributed by atoms with E-state index in [-0.39, 0.29) is 6.09 Å². The molecule has 5 heteroatoms. The molecule has 1 aliphatic heterocycles. The Morgan fingerprint density at radius 3 is 2.48 bits per heavy atom. The molecule has 1 N–H and O–H groups in total. The number of likely N-dealkylation sites (tertiary alicyclic amines) is 1. The maximum atomic E-state index is 12.2. The number of ether oxygens (including phenoxy) is 1. The van der Waals surface area contributed by atoms with Crippen molar-refractivity contribution in [3.63, 3.8) is 0 Å². The van der Waals surface area contributed by atoms with Gasteiger partial charge in [0.05, 0.1) is 0 Å². The Hall–Kier alpha value is -0.420. The highest BCUT2D eigenvalue weighted by atomic mass is 32.2. The van der Waals surface area contributed by atoms with Crippen molar-refractivity contribution in [2.45, 2.75) is 70.7 Å². The first-order valence-corrected chi connectivity index (χ1v) is 10.2. The number of thioether (sulfide) groups is 1. The molecule has 1 heterocycles.